The van der Waals surface area contributed by atoms with Gasteiger partial charge in [0.2, 0.25) is 0 Å². The van der Waals surface area contributed by atoms with Crippen molar-refractivity contribution in [3.8, 4) is 0 Å². The summed E-state index contributed by atoms with van der Waals surface area (Å²) in [6, 6.07) is 15.3. The zero-order valence-corrected chi connectivity index (χ0v) is 13.9. The standard InChI is InChI=1S/C19H24ClN/c1-4-12-21-18(13-16-10-8-14(2)9-11-16)17-7-5-6-15(3)19(17)20/h5-11,18,21H,4,12-13H2,1-3H3. The number of benzene rings is 2. The van der Waals surface area contributed by atoms with Gasteiger partial charge in [-0.3, -0.25) is 0 Å². The van der Waals surface area contributed by atoms with Gasteiger partial charge >= 0.3 is 0 Å². The second-order valence-electron chi connectivity index (χ2n) is 5.67. The molecule has 0 aliphatic rings. The van der Waals surface area contributed by atoms with Gasteiger partial charge < -0.3 is 5.32 Å². The Morgan fingerprint density at radius 1 is 1.05 bits per heavy atom. The van der Waals surface area contributed by atoms with E-state index >= 15 is 0 Å². The van der Waals surface area contributed by atoms with Crippen LogP contribution in [-0.4, -0.2) is 6.54 Å². The van der Waals surface area contributed by atoms with Crippen LogP contribution in [0.5, 0.6) is 0 Å². The summed E-state index contributed by atoms with van der Waals surface area (Å²) >= 11 is 6.52. The van der Waals surface area contributed by atoms with E-state index < -0.39 is 0 Å². The molecule has 0 saturated heterocycles. The fraction of sp³-hybridized carbons (Fsp3) is 0.368. The first kappa shape index (κ1) is 16.1. The molecule has 1 atom stereocenters. The van der Waals surface area contributed by atoms with Crippen LogP contribution in [0.1, 0.15) is 41.6 Å². The molecule has 0 amide bonds. The van der Waals surface area contributed by atoms with Crippen molar-refractivity contribution in [1.82, 2.24) is 5.32 Å². The summed E-state index contributed by atoms with van der Waals surface area (Å²) in [4.78, 5) is 0. The maximum atomic E-state index is 6.52. The second-order valence-corrected chi connectivity index (χ2v) is 6.05. The van der Waals surface area contributed by atoms with Gasteiger partial charge in [0.15, 0.2) is 0 Å². The molecule has 0 saturated carbocycles. The van der Waals surface area contributed by atoms with Crippen LogP contribution < -0.4 is 5.32 Å². The summed E-state index contributed by atoms with van der Waals surface area (Å²) in [5, 5.41) is 4.52. The third kappa shape index (κ3) is 4.33. The smallest absolute Gasteiger partial charge is 0.0483 e. The van der Waals surface area contributed by atoms with E-state index in [0.717, 1.165) is 30.0 Å². The molecular weight excluding hydrogens is 278 g/mol. The van der Waals surface area contributed by atoms with Crippen LogP contribution in [0.15, 0.2) is 42.5 Å². The quantitative estimate of drug-likeness (QED) is 0.769. The van der Waals surface area contributed by atoms with Crippen molar-refractivity contribution >= 4 is 11.6 Å². The molecule has 0 radical (unpaired) electrons. The van der Waals surface area contributed by atoms with Gasteiger partial charge in [-0.25, -0.2) is 0 Å². The van der Waals surface area contributed by atoms with Gasteiger partial charge in [0, 0.05) is 11.1 Å². The predicted octanol–water partition coefficient (Wildman–Crippen LogP) is 5.24. The first-order valence-corrected chi connectivity index (χ1v) is 8.03. The molecule has 0 aromatic heterocycles. The lowest BCUT2D eigenvalue weighted by atomic mass is 9.96. The molecule has 1 N–H and O–H groups in total. The highest BCUT2D eigenvalue weighted by molar-refractivity contribution is 6.32. The van der Waals surface area contributed by atoms with Crippen molar-refractivity contribution in [1.29, 1.82) is 0 Å². The minimum Gasteiger partial charge on any atom is -0.310 e. The van der Waals surface area contributed by atoms with Crippen molar-refractivity contribution in [2.75, 3.05) is 6.54 Å². The number of rotatable bonds is 6. The summed E-state index contributed by atoms with van der Waals surface area (Å²) in [6.07, 6.45) is 2.08. The molecule has 0 aliphatic carbocycles. The molecule has 0 heterocycles. The number of halogens is 1. The maximum Gasteiger partial charge on any atom is 0.0483 e. The van der Waals surface area contributed by atoms with Gasteiger partial charge in [0.25, 0.3) is 0 Å². The van der Waals surface area contributed by atoms with Gasteiger partial charge in [-0.05, 0) is 49.9 Å². The zero-order chi connectivity index (χ0) is 15.2. The Balaban J connectivity index is 2.25. The van der Waals surface area contributed by atoms with E-state index in [1.165, 1.54) is 16.7 Å². The highest BCUT2D eigenvalue weighted by Gasteiger charge is 2.15. The Kier molecular flexibility index (Phi) is 5.84. The van der Waals surface area contributed by atoms with Gasteiger partial charge in [0.05, 0.1) is 0 Å². The van der Waals surface area contributed by atoms with Crippen molar-refractivity contribution in [2.45, 2.75) is 39.7 Å². The number of nitrogens with one attached hydrogen (secondary N) is 1. The van der Waals surface area contributed by atoms with Crippen LogP contribution in [0.3, 0.4) is 0 Å². The predicted molar refractivity (Wildman–Crippen MR) is 92.1 cm³/mol. The maximum absolute atomic E-state index is 6.52. The third-order valence-corrected chi connectivity index (χ3v) is 4.31. The first-order valence-electron chi connectivity index (χ1n) is 7.65. The average Bonchev–Trinajstić information content (AvgIpc) is 2.48. The molecule has 21 heavy (non-hydrogen) atoms. The lowest BCUT2D eigenvalue weighted by Gasteiger charge is -2.21. The number of hydrogen-bond acceptors (Lipinski definition) is 1. The molecule has 1 nitrogen and oxygen atoms in total. The number of aryl methyl sites for hydroxylation is 2. The Morgan fingerprint density at radius 2 is 1.76 bits per heavy atom. The summed E-state index contributed by atoms with van der Waals surface area (Å²) in [5.74, 6) is 0. The van der Waals surface area contributed by atoms with Gasteiger partial charge in [-0.2, -0.15) is 0 Å². The highest BCUT2D eigenvalue weighted by Crippen LogP contribution is 2.28. The van der Waals surface area contributed by atoms with Crippen LogP contribution >= 0.6 is 11.6 Å². The van der Waals surface area contributed by atoms with E-state index in [-0.39, 0.29) is 6.04 Å². The monoisotopic (exact) mass is 301 g/mol. The molecule has 0 spiro atoms. The summed E-state index contributed by atoms with van der Waals surface area (Å²) in [5.41, 5.74) is 4.98. The minimum atomic E-state index is 0.264. The fourth-order valence-corrected chi connectivity index (χ4v) is 2.77. The molecule has 2 heteroatoms. The molecule has 2 rings (SSSR count). The Morgan fingerprint density at radius 3 is 2.43 bits per heavy atom. The normalized spacial score (nSPS) is 12.4. The summed E-state index contributed by atoms with van der Waals surface area (Å²) < 4.78 is 0. The first-order chi connectivity index (χ1) is 10.1. The topological polar surface area (TPSA) is 12.0 Å². The molecular formula is C19H24ClN. The van der Waals surface area contributed by atoms with Gasteiger partial charge in [-0.1, -0.05) is 66.6 Å². The summed E-state index contributed by atoms with van der Waals surface area (Å²) in [6.45, 7) is 7.37. The molecule has 112 valence electrons. The van der Waals surface area contributed by atoms with E-state index in [1.54, 1.807) is 0 Å². The molecule has 0 aliphatic heterocycles. The Hall–Kier alpha value is -1.31. The SMILES string of the molecule is CCCNC(Cc1ccc(C)cc1)c1cccc(C)c1Cl. The van der Waals surface area contributed by atoms with Crippen LogP contribution in [0.25, 0.3) is 0 Å². The Labute approximate surface area is 133 Å². The third-order valence-electron chi connectivity index (χ3n) is 3.80. The van der Waals surface area contributed by atoms with Gasteiger partial charge in [-0.15, -0.1) is 0 Å². The molecule has 1 unspecified atom stereocenters. The van der Waals surface area contributed by atoms with Crippen LogP contribution in [0.2, 0.25) is 5.02 Å². The van der Waals surface area contributed by atoms with Crippen molar-refractivity contribution in [2.24, 2.45) is 0 Å². The van der Waals surface area contributed by atoms with Crippen LogP contribution in [0.4, 0.5) is 0 Å². The fourth-order valence-electron chi connectivity index (χ4n) is 2.51. The number of hydrogen-bond donors (Lipinski definition) is 1. The van der Waals surface area contributed by atoms with Crippen molar-refractivity contribution in [3.63, 3.8) is 0 Å². The van der Waals surface area contributed by atoms with E-state index in [9.17, 15) is 0 Å². The molecule has 0 fully saturated rings. The van der Waals surface area contributed by atoms with E-state index in [4.69, 9.17) is 11.6 Å². The largest absolute Gasteiger partial charge is 0.310 e. The van der Waals surface area contributed by atoms with Crippen LogP contribution in [0, 0.1) is 13.8 Å². The van der Waals surface area contributed by atoms with Crippen LogP contribution in [-0.2, 0) is 6.42 Å². The van der Waals surface area contributed by atoms with E-state index in [1.807, 2.05) is 0 Å². The lowest BCUT2D eigenvalue weighted by Crippen LogP contribution is -2.24. The van der Waals surface area contributed by atoms with E-state index in [0.29, 0.717) is 0 Å². The van der Waals surface area contributed by atoms with E-state index in [2.05, 4.69) is 68.6 Å². The van der Waals surface area contributed by atoms with Gasteiger partial charge in [0.1, 0.15) is 0 Å². The Bertz CT molecular complexity index is 575. The minimum absolute atomic E-state index is 0.264. The molecule has 0 bridgehead atoms. The second kappa shape index (κ2) is 7.63. The zero-order valence-electron chi connectivity index (χ0n) is 13.1. The molecule has 2 aromatic carbocycles. The van der Waals surface area contributed by atoms with Crippen molar-refractivity contribution in [3.05, 3.63) is 69.7 Å². The lowest BCUT2D eigenvalue weighted by molar-refractivity contribution is 0.529. The molecule has 2 aromatic rings. The average molecular weight is 302 g/mol. The highest BCUT2D eigenvalue weighted by atomic mass is 35.5. The van der Waals surface area contributed by atoms with Crippen molar-refractivity contribution < 1.29 is 0 Å². The summed E-state index contributed by atoms with van der Waals surface area (Å²) in [7, 11) is 0.